The molecule has 32 heavy (non-hydrogen) atoms. The van der Waals surface area contributed by atoms with Gasteiger partial charge in [-0.2, -0.15) is 5.10 Å². The predicted molar refractivity (Wildman–Crippen MR) is 125 cm³/mol. The summed E-state index contributed by atoms with van der Waals surface area (Å²) < 4.78 is 1.71. The number of nitrogens with one attached hydrogen (secondary N) is 2. The van der Waals surface area contributed by atoms with E-state index >= 15 is 0 Å². The van der Waals surface area contributed by atoms with E-state index in [1.807, 2.05) is 56.3 Å². The Balaban J connectivity index is 1.57. The second-order valence-corrected chi connectivity index (χ2v) is 8.73. The minimum Gasteiger partial charge on any atom is -0.343 e. The molecule has 6 nitrogen and oxygen atoms in total. The van der Waals surface area contributed by atoms with Gasteiger partial charge in [-0.15, -0.1) is 0 Å². The van der Waals surface area contributed by atoms with Crippen molar-refractivity contribution in [2.45, 2.75) is 39.2 Å². The average molecular weight is 447 g/mol. The van der Waals surface area contributed by atoms with Crippen LogP contribution in [-0.2, 0) is 4.79 Å². The largest absolute Gasteiger partial charge is 0.343 e. The van der Waals surface area contributed by atoms with Gasteiger partial charge in [0.15, 0.2) is 5.78 Å². The van der Waals surface area contributed by atoms with Gasteiger partial charge < -0.3 is 10.6 Å². The van der Waals surface area contributed by atoms with Crippen LogP contribution >= 0.6 is 11.6 Å². The molecule has 0 fully saturated rings. The van der Waals surface area contributed by atoms with Gasteiger partial charge >= 0.3 is 0 Å². The number of fused-ring (bicyclic) bond motifs is 1. The molecule has 162 valence electrons. The lowest BCUT2D eigenvalue weighted by atomic mass is 9.85. The van der Waals surface area contributed by atoms with Gasteiger partial charge in [-0.05, 0) is 61.6 Å². The predicted octanol–water partition coefficient (Wildman–Crippen LogP) is 5.43. The number of ketones is 1. The van der Waals surface area contributed by atoms with E-state index in [1.165, 1.54) is 0 Å². The summed E-state index contributed by atoms with van der Waals surface area (Å²) in [7, 11) is 0. The van der Waals surface area contributed by atoms with Gasteiger partial charge in [-0.25, -0.2) is 4.68 Å². The summed E-state index contributed by atoms with van der Waals surface area (Å²) in [6, 6.07) is 12.8. The standard InChI is InChI=1S/C25H23ClN4O2/c1-14-10-11-16(12-15(14)2)28-25(32)18-13-27-30-23(17-6-3-4-7-19(17)26)22-20(29-24(18)30)8-5-9-21(22)31/h3-4,6-7,10-13,23,29H,5,8-9H2,1-2H3,(H,28,32). The molecule has 0 saturated carbocycles. The summed E-state index contributed by atoms with van der Waals surface area (Å²) in [5.74, 6) is 0.404. The van der Waals surface area contributed by atoms with Crippen LogP contribution in [0, 0.1) is 13.8 Å². The number of allylic oxidation sites excluding steroid dienone is 2. The number of hydrogen-bond donors (Lipinski definition) is 2. The highest BCUT2D eigenvalue weighted by molar-refractivity contribution is 6.31. The second-order valence-electron chi connectivity index (χ2n) is 8.32. The molecule has 1 atom stereocenters. The number of hydrogen-bond acceptors (Lipinski definition) is 4. The Morgan fingerprint density at radius 2 is 1.97 bits per heavy atom. The Bertz CT molecular complexity index is 1290. The number of aryl methyl sites for hydroxylation is 2. The van der Waals surface area contributed by atoms with E-state index in [0.29, 0.717) is 28.4 Å². The Hall–Kier alpha value is -3.38. The quantitative estimate of drug-likeness (QED) is 0.562. The first kappa shape index (κ1) is 20.5. The van der Waals surface area contributed by atoms with Crippen LogP contribution in [0.25, 0.3) is 0 Å². The molecule has 7 heteroatoms. The van der Waals surface area contributed by atoms with Crippen LogP contribution in [0.4, 0.5) is 11.5 Å². The third kappa shape index (κ3) is 3.41. The fourth-order valence-corrected chi connectivity index (χ4v) is 4.67. The highest BCUT2D eigenvalue weighted by Crippen LogP contribution is 2.43. The Labute approximate surface area is 191 Å². The molecule has 1 unspecified atom stereocenters. The number of benzene rings is 2. The molecule has 1 amide bonds. The van der Waals surface area contributed by atoms with E-state index in [2.05, 4.69) is 15.7 Å². The lowest BCUT2D eigenvalue weighted by Crippen LogP contribution is -2.32. The van der Waals surface area contributed by atoms with Crippen molar-refractivity contribution in [2.24, 2.45) is 0 Å². The smallest absolute Gasteiger partial charge is 0.261 e. The van der Waals surface area contributed by atoms with Crippen LogP contribution < -0.4 is 10.6 Å². The lowest BCUT2D eigenvalue weighted by Gasteiger charge is -2.33. The Morgan fingerprint density at radius 3 is 2.75 bits per heavy atom. The molecule has 2 N–H and O–H groups in total. The maximum Gasteiger partial charge on any atom is 0.261 e. The zero-order chi connectivity index (χ0) is 22.4. The van der Waals surface area contributed by atoms with E-state index in [1.54, 1.807) is 10.9 Å². The molecular formula is C25H23ClN4O2. The minimum atomic E-state index is -0.467. The molecule has 0 saturated heterocycles. The zero-order valence-corrected chi connectivity index (χ0v) is 18.7. The van der Waals surface area contributed by atoms with Gasteiger partial charge in [0.25, 0.3) is 5.91 Å². The third-order valence-electron chi connectivity index (χ3n) is 6.25. The number of amides is 1. The van der Waals surface area contributed by atoms with E-state index < -0.39 is 6.04 Å². The molecule has 0 radical (unpaired) electrons. The summed E-state index contributed by atoms with van der Waals surface area (Å²) in [6.07, 6.45) is 3.56. The number of Topliss-reactive ketones (excluding diaryl/α,β-unsaturated/α-hetero) is 1. The third-order valence-corrected chi connectivity index (χ3v) is 6.59. The van der Waals surface area contributed by atoms with Crippen molar-refractivity contribution < 1.29 is 9.59 Å². The number of carbonyl (C=O) groups excluding carboxylic acids is 2. The van der Waals surface area contributed by atoms with Crippen molar-refractivity contribution in [1.82, 2.24) is 9.78 Å². The van der Waals surface area contributed by atoms with E-state index in [0.717, 1.165) is 40.9 Å². The fourth-order valence-electron chi connectivity index (χ4n) is 4.43. The van der Waals surface area contributed by atoms with E-state index in [4.69, 9.17) is 11.6 Å². The SMILES string of the molecule is Cc1ccc(NC(=O)c2cnn3c2NC2=C(C(=O)CCC2)C3c2ccccc2Cl)cc1C. The van der Waals surface area contributed by atoms with Crippen molar-refractivity contribution in [3.05, 3.63) is 87.2 Å². The van der Waals surface area contributed by atoms with Crippen molar-refractivity contribution in [3.63, 3.8) is 0 Å². The first-order valence-electron chi connectivity index (χ1n) is 10.7. The molecule has 2 heterocycles. The summed E-state index contributed by atoms with van der Waals surface area (Å²) >= 11 is 6.53. The topological polar surface area (TPSA) is 76.0 Å². The highest BCUT2D eigenvalue weighted by atomic mass is 35.5. The maximum absolute atomic E-state index is 13.2. The van der Waals surface area contributed by atoms with Crippen molar-refractivity contribution in [3.8, 4) is 0 Å². The molecule has 1 aromatic heterocycles. The van der Waals surface area contributed by atoms with Crippen molar-refractivity contribution in [1.29, 1.82) is 0 Å². The van der Waals surface area contributed by atoms with Gasteiger partial charge in [0.1, 0.15) is 17.4 Å². The second kappa shape index (κ2) is 7.95. The first-order chi connectivity index (χ1) is 15.4. The minimum absolute atomic E-state index is 0.0888. The molecular weight excluding hydrogens is 424 g/mol. The Kier molecular flexibility index (Phi) is 5.10. The van der Waals surface area contributed by atoms with Gasteiger partial charge in [0.2, 0.25) is 0 Å². The molecule has 0 spiro atoms. The van der Waals surface area contributed by atoms with Crippen molar-refractivity contribution >= 4 is 34.8 Å². The van der Waals surface area contributed by atoms with Crippen LogP contribution in [0.15, 0.2) is 59.9 Å². The van der Waals surface area contributed by atoms with E-state index in [9.17, 15) is 9.59 Å². The van der Waals surface area contributed by atoms with Gasteiger partial charge in [0.05, 0.1) is 6.20 Å². The van der Waals surface area contributed by atoms with Crippen molar-refractivity contribution in [2.75, 3.05) is 10.6 Å². The van der Waals surface area contributed by atoms with Gasteiger partial charge in [0, 0.05) is 28.4 Å². The maximum atomic E-state index is 13.2. The van der Waals surface area contributed by atoms with Gasteiger partial charge in [-0.3, -0.25) is 9.59 Å². The number of carbonyl (C=O) groups is 2. The highest BCUT2D eigenvalue weighted by Gasteiger charge is 2.38. The molecule has 0 bridgehead atoms. The average Bonchev–Trinajstić information content (AvgIpc) is 3.19. The summed E-state index contributed by atoms with van der Waals surface area (Å²) in [5.41, 5.74) is 5.74. The molecule has 1 aliphatic heterocycles. The molecule has 1 aliphatic carbocycles. The number of nitrogens with zero attached hydrogens (tertiary/aromatic N) is 2. The van der Waals surface area contributed by atoms with Gasteiger partial charge in [-0.1, -0.05) is 35.9 Å². The molecule has 2 aliphatic rings. The van der Waals surface area contributed by atoms with Crippen LogP contribution in [0.3, 0.4) is 0 Å². The van der Waals surface area contributed by atoms with E-state index in [-0.39, 0.29) is 11.7 Å². The monoisotopic (exact) mass is 446 g/mol. The summed E-state index contributed by atoms with van der Waals surface area (Å²) in [5, 5.41) is 11.4. The van der Waals surface area contributed by atoms with Crippen LogP contribution in [0.1, 0.15) is 52.4 Å². The normalized spacial score (nSPS) is 17.5. The Morgan fingerprint density at radius 1 is 1.16 bits per heavy atom. The number of aromatic nitrogens is 2. The number of halogens is 1. The lowest BCUT2D eigenvalue weighted by molar-refractivity contribution is -0.116. The first-order valence-corrected chi connectivity index (χ1v) is 11.1. The summed E-state index contributed by atoms with van der Waals surface area (Å²) in [6.45, 7) is 4.04. The molecule has 3 aromatic rings. The number of anilines is 2. The fraction of sp³-hybridized carbons (Fsp3) is 0.240. The van der Waals surface area contributed by atoms with Crippen LogP contribution in [0.2, 0.25) is 5.02 Å². The van der Waals surface area contributed by atoms with Crippen LogP contribution in [-0.4, -0.2) is 21.5 Å². The molecule has 5 rings (SSSR count). The molecule has 2 aromatic carbocycles. The zero-order valence-electron chi connectivity index (χ0n) is 17.9. The number of rotatable bonds is 3. The van der Waals surface area contributed by atoms with Crippen LogP contribution in [0.5, 0.6) is 0 Å². The summed E-state index contributed by atoms with van der Waals surface area (Å²) in [4.78, 5) is 26.1.